The summed E-state index contributed by atoms with van der Waals surface area (Å²) in [5.74, 6) is -0.477. The maximum absolute atomic E-state index is 14.3. The molecule has 0 aliphatic heterocycles. The quantitative estimate of drug-likeness (QED) is 0.390. The van der Waals surface area contributed by atoms with Crippen LogP contribution in [0.3, 0.4) is 0 Å². The van der Waals surface area contributed by atoms with Crippen molar-refractivity contribution >= 4 is 17.9 Å². The van der Waals surface area contributed by atoms with Crippen molar-refractivity contribution in [2.45, 2.75) is 96.5 Å². The second-order valence-electron chi connectivity index (χ2n) is 11.1. The Bertz CT molecular complexity index is 1080. The Hall–Kier alpha value is -3.55. The summed E-state index contributed by atoms with van der Waals surface area (Å²) in [7, 11) is 0. The highest BCUT2D eigenvalue weighted by Gasteiger charge is 2.44. The summed E-state index contributed by atoms with van der Waals surface area (Å²) in [6, 6.07) is 13.8. The number of amides is 3. The number of nitrogens with one attached hydrogen (secondary N) is 2. The van der Waals surface area contributed by atoms with Crippen molar-refractivity contribution in [2.75, 3.05) is 0 Å². The molecule has 0 aromatic heterocycles. The second-order valence-corrected chi connectivity index (χ2v) is 11.1. The molecule has 0 radical (unpaired) electrons. The Kier molecular flexibility index (Phi) is 9.78. The molecule has 8 heteroatoms. The number of phenols is 1. The molecule has 1 fully saturated rings. The summed E-state index contributed by atoms with van der Waals surface area (Å²) in [4.78, 5) is 42.4. The number of carbonyl (C=O) groups is 3. The minimum atomic E-state index is -0.970. The van der Waals surface area contributed by atoms with Crippen LogP contribution in [0.25, 0.3) is 0 Å². The van der Waals surface area contributed by atoms with Crippen LogP contribution in [0.5, 0.6) is 5.75 Å². The molecular formula is C30H41N3O5. The van der Waals surface area contributed by atoms with Crippen LogP contribution in [0.15, 0.2) is 54.6 Å². The number of carbonyl (C=O) groups excluding carboxylic acids is 3. The lowest BCUT2D eigenvalue weighted by atomic mass is 9.99. The molecule has 1 aliphatic carbocycles. The number of phenolic OH excluding ortho intramolecular Hbond substituents is 1. The van der Waals surface area contributed by atoms with Gasteiger partial charge in [0.1, 0.15) is 23.4 Å². The Morgan fingerprint density at radius 1 is 1.03 bits per heavy atom. The highest BCUT2D eigenvalue weighted by Crippen LogP contribution is 2.36. The van der Waals surface area contributed by atoms with Gasteiger partial charge in [-0.15, -0.1) is 0 Å². The predicted octanol–water partition coefficient (Wildman–Crippen LogP) is 4.87. The van der Waals surface area contributed by atoms with Crippen molar-refractivity contribution in [2.24, 2.45) is 0 Å². The molecule has 0 spiro atoms. The zero-order valence-corrected chi connectivity index (χ0v) is 23.1. The Balaban J connectivity index is 1.97. The lowest BCUT2D eigenvalue weighted by Crippen LogP contribution is -2.55. The number of ether oxygens (including phenoxy) is 1. The number of rotatable bonds is 11. The van der Waals surface area contributed by atoms with Crippen LogP contribution in [0, 0.1) is 0 Å². The second kappa shape index (κ2) is 12.8. The van der Waals surface area contributed by atoms with Gasteiger partial charge in [0, 0.05) is 18.5 Å². The molecular weight excluding hydrogens is 482 g/mol. The molecule has 3 amide bonds. The first kappa shape index (κ1) is 29.0. The summed E-state index contributed by atoms with van der Waals surface area (Å²) in [6.07, 6.45) is 2.79. The van der Waals surface area contributed by atoms with Gasteiger partial charge in [-0.3, -0.25) is 9.59 Å². The van der Waals surface area contributed by atoms with Crippen LogP contribution in [-0.4, -0.2) is 51.6 Å². The van der Waals surface area contributed by atoms with Crippen LogP contribution in [-0.2, 0) is 20.7 Å². The first-order valence-electron chi connectivity index (χ1n) is 13.4. The van der Waals surface area contributed by atoms with Crippen LogP contribution < -0.4 is 10.6 Å². The molecule has 3 N–H and O–H groups in total. The number of benzene rings is 2. The van der Waals surface area contributed by atoms with Crippen molar-refractivity contribution in [1.82, 2.24) is 15.5 Å². The first-order chi connectivity index (χ1) is 18.0. The van der Waals surface area contributed by atoms with Crippen molar-refractivity contribution in [3.63, 3.8) is 0 Å². The van der Waals surface area contributed by atoms with E-state index in [4.69, 9.17) is 4.74 Å². The van der Waals surface area contributed by atoms with Crippen LogP contribution >= 0.6 is 0 Å². The van der Waals surface area contributed by atoms with Gasteiger partial charge in [-0.25, -0.2) is 4.79 Å². The van der Waals surface area contributed by atoms with Crippen molar-refractivity contribution in [1.29, 1.82) is 0 Å². The molecule has 2 aromatic rings. The third kappa shape index (κ3) is 8.50. The number of aromatic hydroxyl groups is 1. The number of nitrogens with zero attached hydrogens (tertiary/aromatic N) is 1. The van der Waals surface area contributed by atoms with Crippen molar-refractivity contribution in [3.8, 4) is 5.75 Å². The minimum absolute atomic E-state index is 0.0393. The molecule has 0 saturated heterocycles. The van der Waals surface area contributed by atoms with Gasteiger partial charge in [0.05, 0.1) is 0 Å². The van der Waals surface area contributed by atoms with E-state index in [9.17, 15) is 19.5 Å². The zero-order valence-electron chi connectivity index (χ0n) is 23.1. The molecule has 1 aliphatic rings. The van der Waals surface area contributed by atoms with E-state index >= 15 is 0 Å². The third-order valence-corrected chi connectivity index (χ3v) is 6.31. The van der Waals surface area contributed by atoms with Crippen LogP contribution in [0.2, 0.25) is 0 Å². The van der Waals surface area contributed by atoms with E-state index in [0.29, 0.717) is 0 Å². The Morgan fingerprint density at radius 3 is 2.21 bits per heavy atom. The van der Waals surface area contributed by atoms with Crippen LogP contribution in [0.1, 0.15) is 77.5 Å². The molecule has 1 saturated carbocycles. The van der Waals surface area contributed by atoms with Gasteiger partial charge in [-0.1, -0.05) is 55.8 Å². The van der Waals surface area contributed by atoms with Gasteiger partial charge in [-0.05, 0) is 70.2 Å². The van der Waals surface area contributed by atoms with Crippen molar-refractivity contribution in [3.05, 3.63) is 65.7 Å². The monoisotopic (exact) mass is 523 g/mol. The van der Waals surface area contributed by atoms with Gasteiger partial charge in [0.2, 0.25) is 11.8 Å². The minimum Gasteiger partial charge on any atom is -0.508 e. The summed E-state index contributed by atoms with van der Waals surface area (Å²) >= 11 is 0. The lowest BCUT2D eigenvalue weighted by molar-refractivity contribution is -0.143. The van der Waals surface area contributed by atoms with Gasteiger partial charge in [0.25, 0.3) is 0 Å². The first-order valence-corrected chi connectivity index (χ1v) is 13.4. The maximum atomic E-state index is 14.3. The normalized spacial score (nSPS) is 15.6. The van der Waals surface area contributed by atoms with E-state index in [0.717, 1.165) is 36.8 Å². The zero-order chi connectivity index (χ0) is 27.9. The number of hydrogen-bond acceptors (Lipinski definition) is 5. The summed E-state index contributed by atoms with van der Waals surface area (Å²) in [6.45, 7) is 9.30. The summed E-state index contributed by atoms with van der Waals surface area (Å²) in [5.41, 5.74) is 0.730. The smallest absolute Gasteiger partial charge is 0.408 e. The molecule has 206 valence electrons. The van der Waals surface area contributed by atoms with Gasteiger partial charge >= 0.3 is 6.09 Å². The number of alkyl carbamates (subject to hydrolysis) is 1. The molecule has 3 rings (SSSR count). The highest BCUT2D eigenvalue weighted by atomic mass is 16.6. The lowest BCUT2D eigenvalue weighted by Gasteiger charge is -2.35. The molecule has 3 unspecified atom stereocenters. The van der Waals surface area contributed by atoms with Crippen LogP contribution in [0.4, 0.5) is 4.79 Å². The molecule has 2 aromatic carbocycles. The maximum Gasteiger partial charge on any atom is 0.408 e. The van der Waals surface area contributed by atoms with Gasteiger partial charge < -0.3 is 25.4 Å². The summed E-state index contributed by atoms with van der Waals surface area (Å²) in [5, 5.41) is 15.6. The highest BCUT2D eigenvalue weighted by molar-refractivity contribution is 5.92. The van der Waals surface area contributed by atoms with E-state index in [2.05, 4.69) is 17.6 Å². The Labute approximate surface area is 225 Å². The fourth-order valence-electron chi connectivity index (χ4n) is 4.47. The van der Waals surface area contributed by atoms with Gasteiger partial charge in [0.15, 0.2) is 0 Å². The fourth-order valence-corrected chi connectivity index (χ4v) is 4.47. The Morgan fingerprint density at radius 2 is 1.66 bits per heavy atom. The summed E-state index contributed by atoms with van der Waals surface area (Å²) < 4.78 is 5.46. The largest absolute Gasteiger partial charge is 0.508 e. The standard InChI is InChI=1S/C30H41N3O5/c1-6-10-20(2)31-27(35)26(22-11-8-7-9-12-22)33(23-15-16-23)28(36)25(32-29(37)38-30(3,4)5)19-21-13-17-24(34)18-14-21/h7-9,11-14,17-18,20,23,25-26,34H,6,10,15-16,19H2,1-5H3,(H,31,35)(H,32,37). The van der Waals surface area contributed by atoms with Crippen molar-refractivity contribution < 1.29 is 24.2 Å². The van der Waals surface area contributed by atoms with E-state index < -0.39 is 23.8 Å². The van der Waals surface area contributed by atoms with E-state index in [1.54, 1.807) is 49.9 Å². The average molecular weight is 524 g/mol. The average Bonchev–Trinajstić information content (AvgIpc) is 3.67. The number of hydrogen-bond donors (Lipinski definition) is 3. The molecule has 0 heterocycles. The van der Waals surface area contributed by atoms with E-state index in [1.807, 2.05) is 37.3 Å². The topological polar surface area (TPSA) is 108 Å². The predicted molar refractivity (Wildman–Crippen MR) is 147 cm³/mol. The molecule has 3 atom stereocenters. The van der Waals surface area contributed by atoms with E-state index in [-0.39, 0.29) is 36.1 Å². The van der Waals surface area contributed by atoms with Gasteiger partial charge in [-0.2, -0.15) is 0 Å². The third-order valence-electron chi connectivity index (χ3n) is 6.31. The van der Waals surface area contributed by atoms with E-state index in [1.165, 1.54) is 0 Å². The fraction of sp³-hybridized carbons (Fsp3) is 0.500. The molecule has 8 nitrogen and oxygen atoms in total. The molecule has 0 bridgehead atoms. The molecule has 38 heavy (non-hydrogen) atoms. The SMILES string of the molecule is CCCC(C)NC(=O)C(c1ccccc1)N(C(=O)C(Cc1ccc(O)cc1)NC(=O)OC(C)(C)C)C1CC1.